The predicted octanol–water partition coefficient (Wildman–Crippen LogP) is 3.32. The first-order valence-electron chi connectivity index (χ1n) is 7.34. The van der Waals surface area contributed by atoms with Crippen LogP contribution in [0.4, 0.5) is 0 Å². The van der Waals surface area contributed by atoms with Crippen molar-refractivity contribution < 1.29 is 0 Å². The number of alkyl halides is 1. The fraction of sp³-hybridized carbons (Fsp3) is 0.438. The minimum absolute atomic E-state index is 0.324. The Morgan fingerprint density at radius 3 is 2.90 bits per heavy atom. The highest BCUT2D eigenvalue weighted by atomic mass is 79.9. The minimum Gasteiger partial charge on any atom is -0.253 e. The molecule has 2 heterocycles. The van der Waals surface area contributed by atoms with Crippen LogP contribution in [0.5, 0.6) is 0 Å². The lowest BCUT2D eigenvalue weighted by Gasteiger charge is -2.31. The molecule has 1 aromatic heterocycles. The molecule has 1 saturated heterocycles. The molecule has 4 heteroatoms. The van der Waals surface area contributed by atoms with E-state index in [9.17, 15) is 0 Å². The molecule has 2 N–H and O–H groups in total. The lowest BCUT2D eigenvalue weighted by Crippen LogP contribution is -2.40. The van der Waals surface area contributed by atoms with Crippen molar-refractivity contribution in [2.45, 2.75) is 36.2 Å². The number of aromatic nitrogens is 1. The van der Waals surface area contributed by atoms with E-state index in [2.05, 4.69) is 63.2 Å². The average Bonchev–Trinajstić information content (AvgIpc) is 2.92. The summed E-state index contributed by atoms with van der Waals surface area (Å²) in [6.07, 6.45) is 3.82. The zero-order valence-electron chi connectivity index (χ0n) is 11.2. The molecule has 104 valence electrons. The summed E-state index contributed by atoms with van der Waals surface area (Å²) >= 11 is 3.81. The Kier molecular flexibility index (Phi) is 3.25. The topological polar surface area (TPSA) is 37.0 Å². The Morgan fingerprint density at radius 1 is 1.05 bits per heavy atom. The quantitative estimate of drug-likeness (QED) is 0.787. The second-order valence-corrected chi connectivity index (χ2v) is 7.01. The van der Waals surface area contributed by atoms with Gasteiger partial charge in [0.1, 0.15) is 0 Å². The van der Waals surface area contributed by atoms with Crippen molar-refractivity contribution in [2.24, 2.45) is 5.92 Å². The molecule has 0 spiro atoms. The molecule has 20 heavy (non-hydrogen) atoms. The van der Waals surface area contributed by atoms with Crippen LogP contribution in [0.15, 0.2) is 36.4 Å². The lowest BCUT2D eigenvalue weighted by molar-refractivity contribution is 0.316. The molecular formula is C16H18BrN3. The smallest absolute Gasteiger partial charge is 0.0706 e. The third-order valence-electron chi connectivity index (χ3n) is 4.64. The van der Waals surface area contributed by atoms with Gasteiger partial charge in [0, 0.05) is 16.3 Å². The highest BCUT2D eigenvalue weighted by Gasteiger charge is 2.42. The van der Waals surface area contributed by atoms with E-state index in [0.717, 1.165) is 11.2 Å². The molecule has 2 aromatic rings. The summed E-state index contributed by atoms with van der Waals surface area (Å²) in [4.78, 5) is 5.42. The molecule has 1 aliphatic carbocycles. The third kappa shape index (κ3) is 2.07. The van der Waals surface area contributed by atoms with Gasteiger partial charge >= 0.3 is 0 Å². The Labute approximate surface area is 127 Å². The first kappa shape index (κ1) is 12.7. The Hall–Kier alpha value is -0.970. The predicted molar refractivity (Wildman–Crippen MR) is 84.6 cm³/mol. The van der Waals surface area contributed by atoms with Crippen LogP contribution < -0.4 is 10.9 Å². The van der Waals surface area contributed by atoms with Crippen molar-refractivity contribution in [3.63, 3.8) is 0 Å². The second kappa shape index (κ2) is 5.10. The largest absolute Gasteiger partial charge is 0.253 e. The summed E-state index contributed by atoms with van der Waals surface area (Å²) in [7, 11) is 0. The van der Waals surface area contributed by atoms with Crippen LogP contribution in [-0.4, -0.2) is 15.9 Å². The van der Waals surface area contributed by atoms with Crippen LogP contribution in [0.1, 0.15) is 31.0 Å². The van der Waals surface area contributed by atoms with Crippen molar-refractivity contribution in [3.05, 3.63) is 42.1 Å². The SMILES string of the molecule is BrC1CCCC2C(c3ccc4ccccc4n3)NNC12. The summed E-state index contributed by atoms with van der Waals surface area (Å²) in [6.45, 7) is 0. The lowest BCUT2D eigenvalue weighted by atomic mass is 9.80. The third-order valence-corrected chi connectivity index (χ3v) is 5.67. The number of halogens is 1. The molecule has 2 aliphatic rings. The van der Waals surface area contributed by atoms with Gasteiger partial charge in [-0.25, -0.2) is 5.43 Å². The molecular weight excluding hydrogens is 314 g/mol. The average molecular weight is 332 g/mol. The van der Waals surface area contributed by atoms with E-state index in [1.54, 1.807) is 0 Å². The fourth-order valence-corrected chi connectivity index (χ4v) is 4.44. The van der Waals surface area contributed by atoms with E-state index in [-0.39, 0.29) is 0 Å². The maximum atomic E-state index is 4.86. The normalized spacial score (nSPS) is 33.2. The first-order chi connectivity index (χ1) is 9.83. The van der Waals surface area contributed by atoms with Crippen LogP contribution >= 0.6 is 15.9 Å². The summed E-state index contributed by atoms with van der Waals surface area (Å²) in [5.41, 5.74) is 9.18. The van der Waals surface area contributed by atoms with E-state index < -0.39 is 0 Å². The molecule has 4 unspecified atom stereocenters. The van der Waals surface area contributed by atoms with Gasteiger partial charge in [0.15, 0.2) is 0 Å². The number of pyridine rings is 1. The van der Waals surface area contributed by atoms with Crippen LogP contribution in [0, 0.1) is 5.92 Å². The Bertz CT molecular complexity index is 630. The first-order valence-corrected chi connectivity index (χ1v) is 8.25. The highest BCUT2D eigenvalue weighted by molar-refractivity contribution is 9.09. The van der Waals surface area contributed by atoms with Gasteiger partial charge in [0.05, 0.1) is 17.3 Å². The van der Waals surface area contributed by atoms with Crippen LogP contribution in [0.25, 0.3) is 10.9 Å². The zero-order valence-corrected chi connectivity index (χ0v) is 12.8. The van der Waals surface area contributed by atoms with E-state index in [4.69, 9.17) is 4.98 Å². The van der Waals surface area contributed by atoms with Gasteiger partial charge in [-0.3, -0.25) is 10.4 Å². The summed E-state index contributed by atoms with van der Waals surface area (Å²) < 4.78 is 0. The van der Waals surface area contributed by atoms with Gasteiger partial charge < -0.3 is 0 Å². The van der Waals surface area contributed by atoms with Gasteiger partial charge in [0.2, 0.25) is 0 Å². The van der Waals surface area contributed by atoms with Gasteiger partial charge in [-0.15, -0.1) is 0 Å². The van der Waals surface area contributed by atoms with E-state index in [1.807, 2.05) is 0 Å². The number of nitrogens with one attached hydrogen (secondary N) is 2. The summed E-state index contributed by atoms with van der Waals surface area (Å²) in [5, 5.41) is 1.21. The van der Waals surface area contributed by atoms with Crippen molar-refractivity contribution in [1.29, 1.82) is 0 Å². The van der Waals surface area contributed by atoms with E-state index >= 15 is 0 Å². The van der Waals surface area contributed by atoms with Gasteiger partial charge in [-0.05, 0) is 30.9 Å². The van der Waals surface area contributed by atoms with Crippen molar-refractivity contribution in [1.82, 2.24) is 15.8 Å². The monoisotopic (exact) mass is 331 g/mol. The summed E-state index contributed by atoms with van der Waals surface area (Å²) in [6, 6.07) is 13.5. The zero-order chi connectivity index (χ0) is 13.5. The molecule has 2 fully saturated rings. The molecule has 0 bridgehead atoms. The maximum Gasteiger partial charge on any atom is 0.0706 e. The highest BCUT2D eigenvalue weighted by Crippen LogP contribution is 2.40. The van der Waals surface area contributed by atoms with Crippen LogP contribution in [-0.2, 0) is 0 Å². The minimum atomic E-state index is 0.324. The number of hydrazine groups is 1. The molecule has 1 aliphatic heterocycles. The number of fused-ring (bicyclic) bond motifs is 2. The van der Waals surface area contributed by atoms with Crippen molar-refractivity contribution in [3.8, 4) is 0 Å². The Morgan fingerprint density at radius 2 is 1.95 bits per heavy atom. The van der Waals surface area contributed by atoms with Gasteiger partial charge in [-0.1, -0.05) is 46.6 Å². The Balaban J connectivity index is 1.69. The van der Waals surface area contributed by atoms with E-state index in [1.165, 1.54) is 24.6 Å². The standard InChI is InChI=1S/C16H18BrN3/c17-12-6-3-5-11-15(12)19-20-16(11)14-9-8-10-4-1-2-7-13(10)18-14/h1-2,4,7-9,11-12,15-16,19-20H,3,5-6H2. The number of rotatable bonds is 1. The van der Waals surface area contributed by atoms with E-state index in [0.29, 0.717) is 22.8 Å². The number of para-hydroxylation sites is 1. The second-order valence-electron chi connectivity index (χ2n) is 5.83. The maximum absolute atomic E-state index is 4.86. The van der Waals surface area contributed by atoms with Crippen molar-refractivity contribution in [2.75, 3.05) is 0 Å². The molecule has 1 saturated carbocycles. The molecule has 3 nitrogen and oxygen atoms in total. The fourth-order valence-electron chi connectivity index (χ4n) is 3.59. The molecule has 4 atom stereocenters. The molecule has 0 radical (unpaired) electrons. The summed E-state index contributed by atoms with van der Waals surface area (Å²) in [5.74, 6) is 0.627. The van der Waals surface area contributed by atoms with Gasteiger partial charge in [0.25, 0.3) is 0 Å². The van der Waals surface area contributed by atoms with Crippen molar-refractivity contribution >= 4 is 26.8 Å². The molecule has 1 aromatic carbocycles. The van der Waals surface area contributed by atoms with Crippen LogP contribution in [0.2, 0.25) is 0 Å². The number of hydrogen-bond donors (Lipinski definition) is 2. The number of nitrogens with zero attached hydrogens (tertiary/aromatic N) is 1. The molecule has 4 rings (SSSR count). The molecule has 0 amide bonds. The number of hydrogen-bond acceptors (Lipinski definition) is 3. The number of benzene rings is 1. The van der Waals surface area contributed by atoms with Gasteiger partial charge in [-0.2, -0.15) is 0 Å². The van der Waals surface area contributed by atoms with Crippen LogP contribution in [0.3, 0.4) is 0 Å².